The fraction of sp³-hybridized carbons (Fsp3) is 0.391. The van der Waals surface area contributed by atoms with E-state index in [1.807, 2.05) is 30.3 Å². The molecule has 0 amide bonds. The zero-order valence-electron chi connectivity index (χ0n) is 16.1. The second kappa shape index (κ2) is 10.5. The van der Waals surface area contributed by atoms with Crippen LogP contribution in [-0.2, 0) is 11.2 Å². The Hall–Kier alpha value is -2.62. The molecule has 0 aliphatic rings. The molecular weight excluding hydrogens is 340 g/mol. The Labute approximate surface area is 161 Å². The van der Waals surface area contributed by atoms with E-state index in [1.54, 1.807) is 12.1 Å². The summed E-state index contributed by atoms with van der Waals surface area (Å²) in [6.07, 6.45) is 4.34. The van der Waals surface area contributed by atoms with E-state index in [2.05, 4.69) is 13.8 Å². The summed E-state index contributed by atoms with van der Waals surface area (Å²) in [5.41, 5.74) is 1.18. The third-order valence-corrected chi connectivity index (χ3v) is 4.51. The Bertz CT molecular complexity index is 737. The maximum absolute atomic E-state index is 12.6. The SMILES string of the molecule is CC(C)CCCCC(Cc1ccccc1)OC(=O)c1ccccc1C(=O)O. The number of carboxylic acid groups (broad SMARTS) is 1. The number of ether oxygens (including phenoxy) is 1. The molecular formula is C23H28O4. The summed E-state index contributed by atoms with van der Waals surface area (Å²) in [5, 5.41) is 9.30. The predicted molar refractivity (Wildman–Crippen MR) is 106 cm³/mol. The zero-order valence-corrected chi connectivity index (χ0v) is 16.1. The summed E-state index contributed by atoms with van der Waals surface area (Å²) in [7, 11) is 0. The fourth-order valence-electron chi connectivity index (χ4n) is 3.07. The molecule has 0 aliphatic heterocycles. The molecule has 0 heterocycles. The summed E-state index contributed by atoms with van der Waals surface area (Å²) in [5.74, 6) is -1.04. The van der Waals surface area contributed by atoms with Gasteiger partial charge in [0, 0.05) is 6.42 Å². The maximum atomic E-state index is 12.6. The van der Waals surface area contributed by atoms with Gasteiger partial charge in [0.15, 0.2) is 0 Å². The summed E-state index contributed by atoms with van der Waals surface area (Å²) in [6.45, 7) is 4.40. The van der Waals surface area contributed by atoms with Crippen molar-refractivity contribution in [1.29, 1.82) is 0 Å². The number of esters is 1. The van der Waals surface area contributed by atoms with E-state index in [4.69, 9.17) is 4.74 Å². The van der Waals surface area contributed by atoms with E-state index in [-0.39, 0.29) is 17.2 Å². The van der Waals surface area contributed by atoms with Crippen molar-refractivity contribution < 1.29 is 19.4 Å². The number of carboxylic acids is 1. The molecule has 2 rings (SSSR count). The minimum Gasteiger partial charge on any atom is -0.478 e. The third kappa shape index (κ3) is 6.89. The monoisotopic (exact) mass is 368 g/mol. The van der Waals surface area contributed by atoms with Crippen molar-refractivity contribution in [2.24, 2.45) is 5.92 Å². The first kappa shape index (κ1) is 20.7. The summed E-state index contributed by atoms with van der Waals surface area (Å²) in [6, 6.07) is 16.1. The molecule has 0 saturated heterocycles. The van der Waals surface area contributed by atoms with Crippen LogP contribution in [-0.4, -0.2) is 23.1 Å². The number of carbonyl (C=O) groups is 2. The molecule has 4 heteroatoms. The van der Waals surface area contributed by atoms with Gasteiger partial charge in [-0.1, -0.05) is 69.2 Å². The largest absolute Gasteiger partial charge is 0.478 e. The van der Waals surface area contributed by atoms with Crippen LogP contribution >= 0.6 is 0 Å². The minimum absolute atomic E-state index is 0.0271. The van der Waals surface area contributed by atoms with Gasteiger partial charge < -0.3 is 9.84 Å². The first-order valence-corrected chi connectivity index (χ1v) is 9.54. The molecule has 1 N–H and O–H groups in total. The van der Waals surface area contributed by atoms with Crippen LogP contribution in [0.3, 0.4) is 0 Å². The number of hydrogen-bond acceptors (Lipinski definition) is 3. The van der Waals surface area contributed by atoms with Gasteiger partial charge in [-0.2, -0.15) is 0 Å². The number of rotatable bonds is 10. The van der Waals surface area contributed by atoms with Crippen LogP contribution in [0.1, 0.15) is 65.8 Å². The number of benzene rings is 2. The van der Waals surface area contributed by atoms with Crippen molar-refractivity contribution in [3.05, 3.63) is 71.3 Å². The average molecular weight is 368 g/mol. The predicted octanol–water partition coefficient (Wildman–Crippen LogP) is 5.37. The highest BCUT2D eigenvalue weighted by molar-refractivity contribution is 6.02. The van der Waals surface area contributed by atoms with E-state index in [0.717, 1.165) is 31.2 Å². The first-order valence-electron chi connectivity index (χ1n) is 9.54. The van der Waals surface area contributed by atoms with E-state index < -0.39 is 11.9 Å². The van der Waals surface area contributed by atoms with Gasteiger partial charge in [0.25, 0.3) is 0 Å². The molecule has 2 aromatic rings. The molecule has 1 atom stereocenters. The topological polar surface area (TPSA) is 63.6 Å². The third-order valence-electron chi connectivity index (χ3n) is 4.51. The van der Waals surface area contributed by atoms with Crippen LogP contribution < -0.4 is 0 Å². The van der Waals surface area contributed by atoms with Crippen molar-refractivity contribution in [2.75, 3.05) is 0 Å². The van der Waals surface area contributed by atoms with Crippen LogP contribution in [0.15, 0.2) is 54.6 Å². The van der Waals surface area contributed by atoms with Gasteiger partial charge in [-0.25, -0.2) is 9.59 Å². The number of unbranched alkanes of at least 4 members (excludes halogenated alkanes) is 1. The van der Waals surface area contributed by atoms with E-state index in [9.17, 15) is 14.7 Å². The number of hydrogen-bond donors (Lipinski definition) is 1. The molecule has 0 saturated carbocycles. The molecule has 0 aromatic heterocycles. The van der Waals surface area contributed by atoms with Gasteiger partial charge in [0.1, 0.15) is 6.10 Å². The molecule has 144 valence electrons. The first-order chi connectivity index (χ1) is 13.0. The number of carbonyl (C=O) groups excluding carboxylic acids is 1. The molecule has 1 unspecified atom stereocenters. The minimum atomic E-state index is -1.13. The molecule has 0 aliphatic carbocycles. The maximum Gasteiger partial charge on any atom is 0.339 e. The quantitative estimate of drug-likeness (QED) is 0.452. The second-order valence-electron chi connectivity index (χ2n) is 7.25. The molecule has 0 bridgehead atoms. The van der Waals surface area contributed by atoms with Crippen LogP contribution in [0, 0.1) is 5.92 Å². The average Bonchev–Trinajstić information content (AvgIpc) is 2.65. The van der Waals surface area contributed by atoms with Crippen LogP contribution in [0.4, 0.5) is 0 Å². The van der Waals surface area contributed by atoms with Crippen molar-refractivity contribution in [3.63, 3.8) is 0 Å². The van der Waals surface area contributed by atoms with Crippen molar-refractivity contribution in [2.45, 2.75) is 52.1 Å². The van der Waals surface area contributed by atoms with Gasteiger partial charge in [0.05, 0.1) is 11.1 Å². The van der Waals surface area contributed by atoms with Crippen molar-refractivity contribution >= 4 is 11.9 Å². The lowest BCUT2D eigenvalue weighted by Gasteiger charge is -2.19. The Kier molecular flexibility index (Phi) is 8.05. The van der Waals surface area contributed by atoms with Gasteiger partial charge >= 0.3 is 11.9 Å². The van der Waals surface area contributed by atoms with Gasteiger partial charge in [-0.05, 0) is 36.5 Å². The lowest BCUT2D eigenvalue weighted by Crippen LogP contribution is -2.22. The van der Waals surface area contributed by atoms with Gasteiger partial charge in [0.2, 0.25) is 0 Å². The Balaban J connectivity index is 2.08. The summed E-state index contributed by atoms with van der Waals surface area (Å²) < 4.78 is 5.74. The van der Waals surface area contributed by atoms with Crippen molar-refractivity contribution in [3.8, 4) is 0 Å². The highest BCUT2D eigenvalue weighted by atomic mass is 16.5. The molecule has 0 fully saturated rings. The van der Waals surface area contributed by atoms with Crippen molar-refractivity contribution in [1.82, 2.24) is 0 Å². The molecule has 4 nitrogen and oxygen atoms in total. The van der Waals surface area contributed by atoms with E-state index in [0.29, 0.717) is 12.3 Å². The second-order valence-corrected chi connectivity index (χ2v) is 7.25. The lowest BCUT2D eigenvalue weighted by molar-refractivity contribution is 0.0271. The highest BCUT2D eigenvalue weighted by Gasteiger charge is 2.21. The van der Waals surface area contributed by atoms with Crippen LogP contribution in [0.2, 0.25) is 0 Å². The van der Waals surface area contributed by atoms with Crippen LogP contribution in [0.5, 0.6) is 0 Å². The Morgan fingerprint density at radius 1 is 0.889 bits per heavy atom. The molecule has 0 radical (unpaired) electrons. The lowest BCUT2D eigenvalue weighted by atomic mass is 10.00. The summed E-state index contributed by atoms with van der Waals surface area (Å²) in [4.78, 5) is 24.0. The number of aromatic carboxylic acids is 1. The fourth-order valence-corrected chi connectivity index (χ4v) is 3.07. The molecule has 0 spiro atoms. The van der Waals surface area contributed by atoms with Gasteiger partial charge in [-0.3, -0.25) is 0 Å². The standard InChI is InChI=1S/C23H28O4/c1-17(2)10-6-7-13-19(16-18-11-4-3-5-12-18)27-23(26)21-15-9-8-14-20(21)22(24)25/h3-5,8-9,11-12,14-15,17,19H,6-7,10,13,16H2,1-2H3,(H,24,25). The van der Waals surface area contributed by atoms with E-state index >= 15 is 0 Å². The Morgan fingerprint density at radius 2 is 1.48 bits per heavy atom. The highest BCUT2D eigenvalue weighted by Crippen LogP contribution is 2.18. The van der Waals surface area contributed by atoms with Crippen LogP contribution in [0.25, 0.3) is 0 Å². The Morgan fingerprint density at radius 3 is 2.11 bits per heavy atom. The summed E-state index contributed by atoms with van der Waals surface area (Å²) >= 11 is 0. The van der Waals surface area contributed by atoms with E-state index in [1.165, 1.54) is 12.1 Å². The molecule has 2 aromatic carbocycles. The normalized spacial score (nSPS) is 12.0. The van der Waals surface area contributed by atoms with Gasteiger partial charge in [-0.15, -0.1) is 0 Å². The smallest absolute Gasteiger partial charge is 0.339 e. The zero-order chi connectivity index (χ0) is 19.6. The molecule has 27 heavy (non-hydrogen) atoms.